The normalized spacial score (nSPS) is 19.1. The Morgan fingerprint density at radius 3 is 3.00 bits per heavy atom. The fourth-order valence-corrected chi connectivity index (χ4v) is 2.64. The molecule has 0 radical (unpaired) electrons. The molecule has 4 nitrogen and oxygen atoms in total. The zero-order valence-electron chi connectivity index (χ0n) is 10.9. The van der Waals surface area contributed by atoms with E-state index >= 15 is 0 Å². The van der Waals surface area contributed by atoms with Crippen molar-refractivity contribution in [2.24, 2.45) is 0 Å². The molecule has 1 aromatic carbocycles. The molecule has 1 aliphatic heterocycles. The van der Waals surface area contributed by atoms with Crippen molar-refractivity contribution in [1.82, 2.24) is 4.57 Å². The number of rotatable bonds is 4. The molecule has 3 rings (SSSR count). The molecule has 2 aromatic rings. The molecule has 1 aliphatic rings. The van der Waals surface area contributed by atoms with Gasteiger partial charge in [-0.25, -0.2) is 0 Å². The molecule has 0 aliphatic carbocycles. The molecule has 0 bridgehead atoms. The highest BCUT2D eigenvalue weighted by Crippen LogP contribution is 2.29. The largest absolute Gasteiger partial charge is 0.435 e. The van der Waals surface area contributed by atoms with Crippen LogP contribution in [-0.4, -0.2) is 23.9 Å². The molecule has 1 fully saturated rings. The zero-order valence-corrected chi connectivity index (χ0v) is 10.9. The van der Waals surface area contributed by atoms with Crippen molar-refractivity contribution >= 4 is 16.6 Å². The highest BCUT2D eigenvalue weighted by molar-refractivity contribution is 5.92. The predicted octanol–water partition coefficient (Wildman–Crippen LogP) is 3.00. The summed E-state index contributed by atoms with van der Waals surface area (Å²) in [5.41, 5.74) is 7.37. The summed E-state index contributed by atoms with van der Waals surface area (Å²) in [6.07, 6.45) is 4.04. The van der Waals surface area contributed by atoms with E-state index in [0.29, 0.717) is 12.2 Å². The van der Waals surface area contributed by atoms with Crippen molar-refractivity contribution in [3.63, 3.8) is 0 Å². The van der Waals surface area contributed by atoms with Gasteiger partial charge in [0.15, 0.2) is 0 Å². The van der Waals surface area contributed by atoms with E-state index in [9.17, 15) is 8.78 Å². The molecule has 2 N–H and O–H groups in total. The second-order valence-corrected chi connectivity index (χ2v) is 4.93. The smallest absolute Gasteiger partial charge is 0.387 e. The second kappa shape index (κ2) is 5.28. The van der Waals surface area contributed by atoms with Gasteiger partial charge in [-0.1, -0.05) is 0 Å². The van der Waals surface area contributed by atoms with Gasteiger partial charge in [0.2, 0.25) is 0 Å². The molecule has 1 unspecified atom stereocenters. The van der Waals surface area contributed by atoms with Gasteiger partial charge in [0, 0.05) is 30.8 Å². The number of alkyl halides is 2. The highest BCUT2D eigenvalue weighted by Gasteiger charge is 2.18. The van der Waals surface area contributed by atoms with Crippen molar-refractivity contribution < 1.29 is 18.3 Å². The van der Waals surface area contributed by atoms with Crippen LogP contribution in [0.1, 0.15) is 12.8 Å². The van der Waals surface area contributed by atoms with Gasteiger partial charge in [0.1, 0.15) is 5.75 Å². The number of nitrogens with zero attached hydrogens (tertiary/aromatic N) is 1. The van der Waals surface area contributed by atoms with Crippen LogP contribution in [-0.2, 0) is 11.3 Å². The number of nitrogens with two attached hydrogens (primary N) is 1. The Balaban J connectivity index is 1.93. The van der Waals surface area contributed by atoms with Crippen LogP contribution in [0.4, 0.5) is 14.5 Å². The summed E-state index contributed by atoms with van der Waals surface area (Å²) in [5.74, 6) is 0.138. The number of hydrogen-bond acceptors (Lipinski definition) is 3. The number of anilines is 1. The maximum Gasteiger partial charge on any atom is 0.387 e. The molecule has 1 atom stereocenters. The van der Waals surface area contributed by atoms with Crippen LogP contribution >= 0.6 is 0 Å². The first-order chi connectivity index (χ1) is 9.63. The SMILES string of the molecule is Nc1cn(CC2CCCO2)c2cc(OC(F)F)ccc12. The molecule has 1 aromatic heterocycles. The van der Waals surface area contributed by atoms with Crippen LogP contribution < -0.4 is 10.5 Å². The standard InChI is InChI=1S/C14H16F2N2O2/c15-14(16)20-9-3-4-11-12(17)8-18(13(11)6-9)7-10-2-1-5-19-10/h3-4,6,8,10,14H,1-2,5,7,17H2. The van der Waals surface area contributed by atoms with Crippen molar-refractivity contribution in [1.29, 1.82) is 0 Å². The Kier molecular flexibility index (Phi) is 3.48. The van der Waals surface area contributed by atoms with E-state index in [-0.39, 0.29) is 11.9 Å². The van der Waals surface area contributed by atoms with Gasteiger partial charge in [-0.05, 0) is 25.0 Å². The topological polar surface area (TPSA) is 49.4 Å². The average molecular weight is 282 g/mol. The molecule has 0 saturated carbocycles. The molecule has 0 amide bonds. The van der Waals surface area contributed by atoms with Crippen molar-refractivity contribution in [3.05, 3.63) is 24.4 Å². The van der Waals surface area contributed by atoms with Gasteiger partial charge >= 0.3 is 6.61 Å². The molecular formula is C14H16F2N2O2. The minimum absolute atomic E-state index is 0.138. The van der Waals surface area contributed by atoms with Gasteiger partial charge in [-0.15, -0.1) is 0 Å². The van der Waals surface area contributed by atoms with Crippen LogP contribution in [0.25, 0.3) is 10.9 Å². The quantitative estimate of drug-likeness (QED) is 0.937. The number of ether oxygens (including phenoxy) is 2. The molecule has 1 saturated heterocycles. The predicted molar refractivity (Wildman–Crippen MR) is 72.0 cm³/mol. The first-order valence-corrected chi connectivity index (χ1v) is 6.58. The first kappa shape index (κ1) is 13.2. The van der Waals surface area contributed by atoms with Gasteiger partial charge in [0.25, 0.3) is 0 Å². The van der Waals surface area contributed by atoms with Gasteiger partial charge in [-0.2, -0.15) is 8.78 Å². The average Bonchev–Trinajstić information content (AvgIpc) is 2.99. The zero-order chi connectivity index (χ0) is 14.1. The summed E-state index contributed by atoms with van der Waals surface area (Å²) in [4.78, 5) is 0. The maximum absolute atomic E-state index is 12.3. The van der Waals surface area contributed by atoms with Gasteiger partial charge in [0.05, 0.1) is 17.3 Å². The van der Waals surface area contributed by atoms with E-state index in [1.165, 1.54) is 6.07 Å². The Morgan fingerprint density at radius 2 is 2.30 bits per heavy atom. The van der Waals surface area contributed by atoms with Gasteiger partial charge < -0.3 is 19.8 Å². The van der Waals surface area contributed by atoms with Crippen LogP contribution in [0.15, 0.2) is 24.4 Å². The Labute approximate surface area is 115 Å². The lowest BCUT2D eigenvalue weighted by atomic mass is 10.2. The third-order valence-electron chi connectivity index (χ3n) is 3.53. The molecule has 0 spiro atoms. The Morgan fingerprint density at radius 1 is 1.45 bits per heavy atom. The number of benzene rings is 1. The Bertz CT molecular complexity index is 606. The summed E-state index contributed by atoms with van der Waals surface area (Å²) in [6, 6.07) is 4.79. The van der Waals surface area contributed by atoms with E-state index in [2.05, 4.69) is 4.74 Å². The van der Waals surface area contributed by atoms with Crippen molar-refractivity contribution in [2.75, 3.05) is 12.3 Å². The second-order valence-electron chi connectivity index (χ2n) is 4.93. The Hall–Kier alpha value is -1.82. The number of nitrogen functional groups attached to an aromatic ring is 1. The molecule has 6 heteroatoms. The number of fused-ring (bicyclic) bond motifs is 1. The summed E-state index contributed by atoms with van der Waals surface area (Å²) in [6.45, 7) is -1.38. The fourth-order valence-electron chi connectivity index (χ4n) is 2.64. The first-order valence-electron chi connectivity index (χ1n) is 6.58. The summed E-state index contributed by atoms with van der Waals surface area (Å²) < 4.78 is 36.5. The lowest BCUT2D eigenvalue weighted by molar-refractivity contribution is -0.0497. The lowest BCUT2D eigenvalue weighted by Gasteiger charge is -2.12. The van der Waals surface area contributed by atoms with E-state index in [4.69, 9.17) is 10.5 Å². The highest BCUT2D eigenvalue weighted by atomic mass is 19.3. The van der Waals surface area contributed by atoms with E-state index in [1.54, 1.807) is 12.1 Å². The van der Waals surface area contributed by atoms with Crippen LogP contribution in [0.5, 0.6) is 5.75 Å². The van der Waals surface area contributed by atoms with Crippen molar-refractivity contribution in [2.45, 2.75) is 32.1 Å². The monoisotopic (exact) mass is 282 g/mol. The molecule has 108 valence electrons. The van der Waals surface area contributed by atoms with E-state index in [1.807, 2.05) is 10.8 Å². The maximum atomic E-state index is 12.3. The minimum atomic E-state index is -2.83. The summed E-state index contributed by atoms with van der Waals surface area (Å²) in [5, 5.41) is 0.838. The summed E-state index contributed by atoms with van der Waals surface area (Å²) >= 11 is 0. The third-order valence-corrected chi connectivity index (χ3v) is 3.53. The fraction of sp³-hybridized carbons (Fsp3) is 0.429. The minimum Gasteiger partial charge on any atom is -0.435 e. The molecule has 2 heterocycles. The van der Waals surface area contributed by atoms with Crippen molar-refractivity contribution in [3.8, 4) is 5.75 Å². The van der Waals surface area contributed by atoms with E-state index in [0.717, 1.165) is 30.4 Å². The van der Waals surface area contributed by atoms with E-state index < -0.39 is 6.61 Å². The lowest BCUT2D eigenvalue weighted by Crippen LogP contribution is -2.14. The number of aromatic nitrogens is 1. The third kappa shape index (κ3) is 2.56. The molecular weight excluding hydrogens is 266 g/mol. The number of hydrogen-bond donors (Lipinski definition) is 1. The molecule has 20 heavy (non-hydrogen) atoms. The van der Waals surface area contributed by atoms with Crippen LogP contribution in [0.2, 0.25) is 0 Å². The van der Waals surface area contributed by atoms with Gasteiger partial charge in [-0.3, -0.25) is 0 Å². The number of halogens is 2. The van der Waals surface area contributed by atoms with Crippen LogP contribution in [0.3, 0.4) is 0 Å². The summed E-state index contributed by atoms with van der Waals surface area (Å²) in [7, 11) is 0. The van der Waals surface area contributed by atoms with Crippen LogP contribution in [0, 0.1) is 0 Å².